The molecule has 0 aromatic carbocycles. The van der Waals surface area contributed by atoms with Gasteiger partial charge in [-0.05, 0) is 45.4 Å². The Morgan fingerprint density at radius 2 is 1.84 bits per heavy atom. The third-order valence-corrected chi connectivity index (χ3v) is 4.90. The van der Waals surface area contributed by atoms with Crippen molar-refractivity contribution in [3.8, 4) is 0 Å². The summed E-state index contributed by atoms with van der Waals surface area (Å²) in [6.45, 7) is 6.84. The fraction of sp³-hybridized carbons (Fsp3) is 0.938. The first kappa shape index (κ1) is 16.5. The molecule has 0 atom stereocenters. The van der Waals surface area contributed by atoms with Gasteiger partial charge in [-0.2, -0.15) is 0 Å². The molecule has 0 aromatic heterocycles. The summed E-state index contributed by atoms with van der Waals surface area (Å²) in [5, 5.41) is 0. The monoisotopic (exact) mass is 268 g/mol. The van der Waals surface area contributed by atoms with Crippen molar-refractivity contribution in [1.82, 2.24) is 4.90 Å². The molecule has 1 amide bonds. The second-order valence-corrected chi connectivity index (χ2v) is 6.77. The number of rotatable bonds is 6. The van der Waals surface area contributed by atoms with Crippen LogP contribution < -0.4 is 5.73 Å². The fourth-order valence-electron chi connectivity index (χ4n) is 2.90. The van der Waals surface area contributed by atoms with E-state index >= 15 is 0 Å². The summed E-state index contributed by atoms with van der Waals surface area (Å²) in [4.78, 5) is 14.4. The predicted molar refractivity (Wildman–Crippen MR) is 80.9 cm³/mol. The van der Waals surface area contributed by atoms with E-state index < -0.39 is 0 Å². The van der Waals surface area contributed by atoms with Gasteiger partial charge >= 0.3 is 0 Å². The number of nitrogens with zero attached hydrogens (tertiary/aromatic N) is 1. The van der Waals surface area contributed by atoms with Gasteiger partial charge in [0.25, 0.3) is 0 Å². The standard InChI is InChI=1S/C16H32N2O/c1-5-6-7-13-8-10-14(11-9-13)15(19)18(4)16(2,3)12-17/h13-14H,5-12,17H2,1-4H3. The Bertz CT molecular complexity index is 280. The number of carbonyl (C=O) groups excluding carboxylic acids is 1. The normalized spacial score (nSPS) is 24.3. The molecule has 0 heterocycles. The van der Waals surface area contributed by atoms with Crippen molar-refractivity contribution in [3.63, 3.8) is 0 Å². The van der Waals surface area contributed by atoms with Crippen molar-refractivity contribution < 1.29 is 4.79 Å². The fourth-order valence-corrected chi connectivity index (χ4v) is 2.90. The molecule has 3 heteroatoms. The van der Waals surface area contributed by atoms with E-state index in [2.05, 4.69) is 6.92 Å². The highest BCUT2D eigenvalue weighted by atomic mass is 16.2. The molecule has 1 fully saturated rings. The van der Waals surface area contributed by atoms with Gasteiger partial charge in [-0.3, -0.25) is 4.79 Å². The number of hydrogen-bond acceptors (Lipinski definition) is 2. The van der Waals surface area contributed by atoms with Crippen molar-refractivity contribution in [2.24, 2.45) is 17.6 Å². The summed E-state index contributed by atoms with van der Waals surface area (Å²) in [5.41, 5.74) is 5.53. The van der Waals surface area contributed by atoms with Crippen LogP contribution in [0.4, 0.5) is 0 Å². The van der Waals surface area contributed by atoms with E-state index in [0.29, 0.717) is 12.5 Å². The van der Waals surface area contributed by atoms with Crippen LogP contribution in [-0.2, 0) is 4.79 Å². The van der Waals surface area contributed by atoms with Crippen molar-refractivity contribution in [2.45, 2.75) is 71.3 Å². The van der Waals surface area contributed by atoms with Crippen LogP contribution in [-0.4, -0.2) is 29.9 Å². The summed E-state index contributed by atoms with van der Waals surface area (Å²) in [5.74, 6) is 1.38. The Morgan fingerprint density at radius 1 is 1.26 bits per heavy atom. The van der Waals surface area contributed by atoms with Crippen molar-refractivity contribution in [1.29, 1.82) is 0 Å². The number of hydrogen-bond donors (Lipinski definition) is 1. The van der Waals surface area contributed by atoms with Gasteiger partial charge in [-0.25, -0.2) is 0 Å². The molecule has 0 saturated heterocycles. The van der Waals surface area contributed by atoms with Crippen LogP contribution in [0.3, 0.4) is 0 Å². The lowest BCUT2D eigenvalue weighted by Crippen LogP contribution is -2.52. The third-order valence-electron chi connectivity index (χ3n) is 4.90. The lowest BCUT2D eigenvalue weighted by atomic mass is 9.79. The number of nitrogens with two attached hydrogens (primary N) is 1. The van der Waals surface area contributed by atoms with Crippen LogP contribution in [0.5, 0.6) is 0 Å². The molecule has 2 N–H and O–H groups in total. The molecule has 1 saturated carbocycles. The van der Waals surface area contributed by atoms with E-state index in [1.807, 2.05) is 25.8 Å². The van der Waals surface area contributed by atoms with Crippen molar-refractivity contribution in [2.75, 3.05) is 13.6 Å². The second kappa shape index (κ2) is 7.28. The first-order valence-corrected chi connectivity index (χ1v) is 7.90. The zero-order valence-corrected chi connectivity index (χ0v) is 13.2. The number of unbranched alkanes of at least 4 members (excludes halogenated alkanes) is 1. The van der Waals surface area contributed by atoms with Crippen LogP contribution in [0.15, 0.2) is 0 Å². The average molecular weight is 268 g/mol. The highest BCUT2D eigenvalue weighted by molar-refractivity contribution is 5.79. The molecular formula is C16H32N2O. The van der Waals surface area contributed by atoms with E-state index in [4.69, 9.17) is 5.73 Å². The van der Waals surface area contributed by atoms with E-state index in [-0.39, 0.29) is 11.5 Å². The Hall–Kier alpha value is -0.570. The summed E-state index contributed by atoms with van der Waals surface area (Å²) < 4.78 is 0. The van der Waals surface area contributed by atoms with Crippen LogP contribution in [0.1, 0.15) is 65.7 Å². The molecule has 0 unspecified atom stereocenters. The summed E-state index contributed by atoms with van der Waals surface area (Å²) in [6, 6.07) is 0. The zero-order valence-electron chi connectivity index (χ0n) is 13.2. The maximum absolute atomic E-state index is 12.5. The molecule has 0 spiro atoms. The maximum atomic E-state index is 12.5. The average Bonchev–Trinajstić information content (AvgIpc) is 2.44. The molecule has 112 valence electrons. The summed E-state index contributed by atoms with van der Waals surface area (Å²) >= 11 is 0. The van der Waals surface area contributed by atoms with Crippen LogP contribution >= 0.6 is 0 Å². The predicted octanol–water partition coefficient (Wildman–Crippen LogP) is 3.18. The van der Waals surface area contributed by atoms with Gasteiger partial charge in [0, 0.05) is 25.0 Å². The van der Waals surface area contributed by atoms with Gasteiger partial charge in [-0.15, -0.1) is 0 Å². The first-order valence-electron chi connectivity index (χ1n) is 7.90. The molecule has 0 radical (unpaired) electrons. The minimum atomic E-state index is -0.226. The van der Waals surface area contributed by atoms with Gasteiger partial charge in [0.1, 0.15) is 0 Å². The first-order chi connectivity index (χ1) is 8.92. The number of amides is 1. The molecule has 0 aliphatic heterocycles. The van der Waals surface area contributed by atoms with E-state index in [9.17, 15) is 4.79 Å². The Kier molecular flexibility index (Phi) is 6.31. The molecule has 0 aromatic rings. The van der Waals surface area contributed by atoms with Gasteiger partial charge in [0.2, 0.25) is 5.91 Å². The Morgan fingerprint density at radius 3 is 2.32 bits per heavy atom. The highest BCUT2D eigenvalue weighted by Crippen LogP contribution is 2.33. The molecule has 3 nitrogen and oxygen atoms in total. The van der Waals surface area contributed by atoms with Crippen LogP contribution in [0, 0.1) is 11.8 Å². The molecule has 1 aliphatic rings. The Balaban J connectivity index is 2.44. The topological polar surface area (TPSA) is 46.3 Å². The van der Waals surface area contributed by atoms with Crippen molar-refractivity contribution >= 4 is 5.91 Å². The lowest BCUT2D eigenvalue weighted by molar-refractivity contribution is -0.140. The largest absolute Gasteiger partial charge is 0.339 e. The molecule has 19 heavy (non-hydrogen) atoms. The second-order valence-electron chi connectivity index (χ2n) is 6.77. The van der Waals surface area contributed by atoms with Crippen molar-refractivity contribution in [3.05, 3.63) is 0 Å². The van der Waals surface area contributed by atoms with Gasteiger partial charge in [0.05, 0.1) is 0 Å². The van der Waals surface area contributed by atoms with Crippen LogP contribution in [0.2, 0.25) is 0 Å². The minimum absolute atomic E-state index is 0.226. The molecular weight excluding hydrogens is 236 g/mol. The van der Waals surface area contributed by atoms with Gasteiger partial charge in [0.15, 0.2) is 0 Å². The van der Waals surface area contributed by atoms with Crippen LogP contribution in [0.25, 0.3) is 0 Å². The minimum Gasteiger partial charge on any atom is -0.339 e. The Labute approximate surface area is 118 Å². The molecule has 1 aliphatic carbocycles. The quantitative estimate of drug-likeness (QED) is 0.804. The summed E-state index contributed by atoms with van der Waals surface area (Å²) in [7, 11) is 1.90. The molecule has 0 bridgehead atoms. The zero-order chi connectivity index (χ0) is 14.5. The van der Waals surface area contributed by atoms with Gasteiger partial charge < -0.3 is 10.6 Å². The highest BCUT2D eigenvalue weighted by Gasteiger charge is 2.33. The van der Waals surface area contributed by atoms with E-state index in [1.165, 1.54) is 32.1 Å². The SMILES string of the molecule is CCCCC1CCC(C(=O)N(C)C(C)(C)CN)CC1. The number of carbonyl (C=O) groups is 1. The number of likely N-dealkylation sites (N-methyl/N-ethyl adjacent to an activating group) is 1. The smallest absolute Gasteiger partial charge is 0.225 e. The maximum Gasteiger partial charge on any atom is 0.225 e. The summed E-state index contributed by atoms with van der Waals surface area (Å²) in [6.07, 6.45) is 8.56. The van der Waals surface area contributed by atoms with E-state index in [1.54, 1.807) is 0 Å². The lowest BCUT2D eigenvalue weighted by Gasteiger charge is -2.38. The third kappa shape index (κ3) is 4.48. The molecule has 1 rings (SSSR count). The van der Waals surface area contributed by atoms with E-state index in [0.717, 1.165) is 18.8 Å². The van der Waals surface area contributed by atoms with Gasteiger partial charge in [-0.1, -0.05) is 26.2 Å².